The molecule has 0 aromatic carbocycles. The van der Waals surface area contributed by atoms with Crippen molar-refractivity contribution in [3.8, 4) is 0 Å². The molecule has 3 rings (SSSR count). The molecule has 1 unspecified atom stereocenters. The van der Waals surface area contributed by atoms with Crippen LogP contribution in [0.1, 0.15) is 6.42 Å². The summed E-state index contributed by atoms with van der Waals surface area (Å²) in [6.07, 6.45) is -4.76. The van der Waals surface area contributed by atoms with Crippen molar-refractivity contribution in [1.82, 2.24) is 4.90 Å². The van der Waals surface area contributed by atoms with Gasteiger partial charge in [0.05, 0.1) is 19.4 Å². The third kappa shape index (κ3) is 2.27. The number of aliphatic hydroxyl groups is 3. The van der Waals surface area contributed by atoms with E-state index in [0.29, 0.717) is 0 Å². The normalized spacial score (nSPS) is 38.1. The standard InChI is InChI=1S/C12H15N5O7/c13-11-15-9-12(1-5(19)20,10(23)16-11)14-3-17(9)8-7(22)6(21)4(2-18)24-8/h3-4,6-8,18,21-22H,1-2H2,(H,19,20)(H2,13,16,23)/t4-,6-,7-,8-,12?/m1/s1. The number of amides is 1. The lowest BCUT2D eigenvalue weighted by atomic mass is 9.92. The van der Waals surface area contributed by atoms with E-state index in [1.54, 1.807) is 0 Å². The van der Waals surface area contributed by atoms with Crippen molar-refractivity contribution in [1.29, 1.82) is 0 Å². The zero-order valence-electron chi connectivity index (χ0n) is 12.2. The second kappa shape index (κ2) is 5.59. The third-order valence-electron chi connectivity index (χ3n) is 4.01. The molecular formula is C12H15N5O7. The SMILES string of the molecule is NC1=NC(=O)C2(CC(=O)O)N=CN([C@@H]3O[C@H](CO)[C@@H](O)[C@H]3O)C2=N1. The molecule has 0 radical (unpaired) electrons. The Hall–Kier alpha value is -2.41. The van der Waals surface area contributed by atoms with Gasteiger partial charge in [0.2, 0.25) is 11.5 Å². The molecular weight excluding hydrogens is 326 g/mol. The van der Waals surface area contributed by atoms with Crippen molar-refractivity contribution in [2.45, 2.75) is 36.5 Å². The maximum Gasteiger partial charge on any atom is 0.306 e. The van der Waals surface area contributed by atoms with Gasteiger partial charge in [-0.2, -0.15) is 9.98 Å². The first-order valence-corrected chi connectivity index (χ1v) is 6.96. The number of nitrogens with zero attached hydrogens (tertiary/aromatic N) is 4. The highest BCUT2D eigenvalue weighted by Crippen LogP contribution is 2.34. The fraction of sp³-hybridized carbons (Fsp3) is 0.583. The van der Waals surface area contributed by atoms with Gasteiger partial charge in [-0.3, -0.25) is 14.5 Å². The predicted molar refractivity (Wildman–Crippen MR) is 77.1 cm³/mol. The molecule has 24 heavy (non-hydrogen) atoms. The lowest BCUT2D eigenvalue weighted by Crippen LogP contribution is -2.55. The number of carboxylic acids is 1. The van der Waals surface area contributed by atoms with E-state index < -0.39 is 60.9 Å². The summed E-state index contributed by atoms with van der Waals surface area (Å²) in [6.45, 7) is -0.547. The van der Waals surface area contributed by atoms with E-state index in [9.17, 15) is 19.8 Å². The van der Waals surface area contributed by atoms with Gasteiger partial charge in [0, 0.05) is 0 Å². The van der Waals surface area contributed by atoms with Gasteiger partial charge in [0.1, 0.15) is 18.3 Å². The van der Waals surface area contributed by atoms with Gasteiger partial charge in [-0.1, -0.05) is 0 Å². The number of aliphatic hydroxyl groups excluding tert-OH is 3. The van der Waals surface area contributed by atoms with Gasteiger partial charge in [-0.25, -0.2) is 4.99 Å². The summed E-state index contributed by atoms with van der Waals surface area (Å²) in [6, 6.07) is 0. The molecule has 3 aliphatic heterocycles. The quantitative estimate of drug-likeness (QED) is 0.341. The van der Waals surface area contributed by atoms with Crippen LogP contribution in [-0.2, 0) is 14.3 Å². The number of hydrogen-bond donors (Lipinski definition) is 5. The molecule has 1 fully saturated rings. The Morgan fingerprint density at radius 1 is 1.38 bits per heavy atom. The maximum absolute atomic E-state index is 12.2. The minimum absolute atomic E-state index is 0.169. The van der Waals surface area contributed by atoms with Crippen LogP contribution >= 0.6 is 0 Å². The molecule has 130 valence electrons. The largest absolute Gasteiger partial charge is 0.481 e. The van der Waals surface area contributed by atoms with Crippen LogP contribution in [0.15, 0.2) is 15.0 Å². The molecule has 1 saturated heterocycles. The van der Waals surface area contributed by atoms with Gasteiger partial charge in [-0.15, -0.1) is 0 Å². The monoisotopic (exact) mass is 341 g/mol. The van der Waals surface area contributed by atoms with E-state index in [1.165, 1.54) is 0 Å². The minimum Gasteiger partial charge on any atom is -0.481 e. The van der Waals surface area contributed by atoms with Crippen LogP contribution in [0.2, 0.25) is 0 Å². The zero-order chi connectivity index (χ0) is 17.6. The summed E-state index contributed by atoms with van der Waals surface area (Å²) < 4.78 is 5.35. The molecule has 1 amide bonds. The first-order valence-electron chi connectivity index (χ1n) is 6.96. The van der Waals surface area contributed by atoms with Crippen LogP contribution in [0.25, 0.3) is 0 Å². The Morgan fingerprint density at radius 3 is 2.67 bits per heavy atom. The topological polar surface area (TPSA) is 191 Å². The van der Waals surface area contributed by atoms with Gasteiger partial charge in [0.25, 0.3) is 5.91 Å². The number of rotatable bonds is 4. The summed E-state index contributed by atoms with van der Waals surface area (Å²) in [4.78, 5) is 35.7. The summed E-state index contributed by atoms with van der Waals surface area (Å²) >= 11 is 0. The smallest absolute Gasteiger partial charge is 0.306 e. The molecule has 0 aromatic heterocycles. The van der Waals surface area contributed by atoms with Crippen LogP contribution in [0.4, 0.5) is 0 Å². The van der Waals surface area contributed by atoms with Crippen LogP contribution in [0, 0.1) is 0 Å². The lowest BCUT2D eigenvalue weighted by Gasteiger charge is -2.31. The van der Waals surface area contributed by atoms with Crippen LogP contribution < -0.4 is 5.73 Å². The summed E-state index contributed by atoms with van der Waals surface area (Å²) in [5.74, 6) is -2.78. The van der Waals surface area contributed by atoms with Gasteiger partial charge in [-0.05, 0) is 0 Å². The van der Waals surface area contributed by atoms with Crippen LogP contribution in [-0.4, -0.2) is 92.0 Å². The van der Waals surface area contributed by atoms with Crippen LogP contribution in [0.5, 0.6) is 0 Å². The molecule has 5 atom stereocenters. The van der Waals surface area contributed by atoms with Crippen molar-refractivity contribution in [2.24, 2.45) is 20.7 Å². The number of aliphatic carboxylic acids is 1. The number of amidine groups is 1. The molecule has 12 nitrogen and oxygen atoms in total. The van der Waals surface area contributed by atoms with Crippen molar-refractivity contribution in [2.75, 3.05) is 6.61 Å². The van der Waals surface area contributed by atoms with E-state index in [2.05, 4.69) is 15.0 Å². The van der Waals surface area contributed by atoms with Crippen molar-refractivity contribution < 1.29 is 34.8 Å². The Morgan fingerprint density at radius 2 is 2.08 bits per heavy atom. The second-order valence-electron chi connectivity index (χ2n) is 5.52. The van der Waals surface area contributed by atoms with Crippen molar-refractivity contribution in [3.05, 3.63) is 0 Å². The number of carbonyl (C=O) groups excluding carboxylic acids is 1. The number of guanidine groups is 1. The van der Waals surface area contributed by atoms with E-state index in [0.717, 1.165) is 11.2 Å². The number of carbonyl (C=O) groups is 2. The van der Waals surface area contributed by atoms with E-state index in [4.69, 9.17) is 20.7 Å². The molecule has 0 spiro atoms. The third-order valence-corrected chi connectivity index (χ3v) is 4.01. The molecule has 12 heteroatoms. The Bertz CT molecular complexity index is 677. The molecule has 3 heterocycles. The molecule has 0 saturated carbocycles. The highest BCUT2D eigenvalue weighted by molar-refractivity contribution is 6.26. The van der Waals surface area contributed by atoms with Gasteiger partial charge < -0.3 is 30.9 Å². The second-order valence-corrected chi connectivity index (χ2v) is 5.52. The van der Waals surface area contributed by atoms with E-state index in [1.807, 2.05) is 0 Å². The Kier molecular flexibility index (Phi) is 3.83. The van der Waals surface area contributed by atoms with Crippen LogP contribution in [0.3, 0.4) is 0 Å². The first-order chi connectivity index (χ1) is 11.3. The van der Waals surface area contributed by atoms with E-state index in [-0.39, 0.29) is 5.84 Å². The molecule has 0 bridgehead atoms. The number of hydrogen-bond acceptors (Lipinski definition) is 10. The average Bonchev–Trinajstić information content (AvgIpc) is 2.99. The highest BCUT2D eigenvalue weighted by Gasteiger charge is 2.57. The molecule has 0 aromatic rings. The lowest BCUT2D eigenvalue weighted by molar-refractivity contribution is -0.140. The molecule has 6 N–H and O–H groups in total. The van der Waals surface area contributed by atoms with Crippen molar-refractivity contribution in [3.63, 3.8) is 0 Å². The van der Waals surface area contributed by atoms with Gasteiger partial charge in [0.15, 0.2) is 12.1 Å². The number of carboxylic acid groups (broad SMARTS) is 1. The van der Waals surface area contributed by atoms with Gasteiger partial charge >= 0.3 is 5.97 Å². The summed E-state index contributed by atoms with van der Waals surface area (Å²) in [5, 5.41) is 38.2. The Labute approximate surface area is 134 Å². The highest BCUT2D eigenvalue weighted by atomic mass is 16.6. The zero-order valence-corrected chi connectivity index (χ0v) is 12.2. The summed E-state index contributed by atoms with van der Waals surface area (Å²) in [7, 11) is 0. The summed E-state index contributed by atoms with van der Waals surface area (Å²) in [5.41, 5.74) is 3.56. The average molecular weight is 341 g/mol. The fourth-order valence-electron chi connectivity index (χ4n) is 2.83. The van der Waals surface area contributed by atoms with E-state index >= 15 is 0 Å². The number of ether oxygens (including phenoxy) is 1. The first kappa shape index (κ1) is 16.4. The van der Waals surface area contributed by atoms with Crippen molar-refractivity contribution >= 4 is 30.0 Å². The number of nitrogens with two attached hydrogens (primary N) is 1. The maximum atomic E-state index is 12.2. The number of aliphatic imine (C=N–C) groups is 3. The fourth-order valence-corrected chi connectivity index (χ4v) is 2.83. The minimum atomic E-state index is -1.90. The molecule has 3 aliphatic rings. The molecule has 0 aliphatic carbocycles. The Balaban J connectivity index is 1.98. The number of fused-ring (bicyclic) bond motifs is 1. The predicted octanol–water partition coefficient (Wildman–Crippen LogP) is -3.76.